The first-order valence-corrected chi connectivity index (χ1v) is 17.7. The molecule has 0 aromatic heterocycles. The smallest absolute Gasteiger partial charge is 0.374 e. The van der Waals surface area contributed by atoms with E-state index in [1.54, 1.807) is 0 Å². The fourth-order valence-electron chi connectivity index (χ4n) is 4.12. The molecule has 0 heterocycles. The van der Waals surface area contributed by atoms with Gasteiger partial charge in [-0.1, -0.05) is 54.6 Å². The molecule has 0 bridgehead atoms. The van der Waals surface area contributed by atoms with Gasteiger partial charge in [0.2, 0.25) is 0 Å². The number of hydrogen-bond acceptors (Lipinski definition) is 6. The molecule has 36 heavy (non-hydrogen) atoms. The van der Waals surface area contributed by atoms with Gasteiger partial charge in [-0.3, -0.25) is 4.18 Å². The second kappa shape index (κ2) is 13.5. The minimum Gasteiger partial charge on any atom is -0.374 e. The van der Waals surface area contributed by atoms with E-state index in [9.17, 15) is 8.42 Å². The van der Waals surface area contributed by atoms with Crippen LogP contribution in [-0.4, -0.2) is 43.6 Å². The van der Waals surface area contributed by atoms with Gasteiger partial charge in [0, 0.05) is 40.6 Å². The highest BCUT2D eigenvalue weighted by molar-refractivity contribution is 8.89. The third kappa shape index (κ3) is 6.28. The van der Waals surface area contributed by atoms with Gasteiger partial charge in [0.15, 0.2) is 0 Å². The summed E-state index contributed by atoms with van der Waals surface area (Å²) in [5.74, 6) is 0. The summed E-state index contributed by atoms with van der Waals surface area (Å²) < 4.78 is 52.2. The molecule has 0 radical (unpaired) electrons. The van der Waals surface area contributed by atoms with E-state index in [1.807, 2.05) is 112 Å². The summed E-state index contributed by atoms with van der Waals surface area (Å²) in [6, 6.07) is 28.5. The molecule has 0 fully saturated rings. The fraction of sp³-hybridized carbons (Fsp3) is 0.333. The van der Waals surface area contributed by atoms with Crippen LogP contribution in [0.1, 0.15) is 27.2 Å². The maximum Gasteiger partial charge on any atom is 0.501 e. The second-order valence-corrected chi connectivity index (χ2v) is 16.8. The Bertz CT molecular complexity index is 1030. The van der Waals surface area contributed by atoms with Crippen molar-refractivity contribution in [2.24, 2.45) is 0 Å². The molecule has 0 spiro atoms. The Morgan fingerprint density at radius 2 is 0.972 bits per heavy atom. The predicted molar refractivity (Wildman–Crippen MR) is 147 cm³/mol. The first-order chi connectivity index (χ1) is 17.5. The van der Waals surface area contributed by atoms with Gasteiger partial charge in [0.25, 0.3) is 0 Å². The number of rotatable bonds is 15. The molecule has 0 amide bonds. The molecule has 0 aliphatic carbocycles. The molecule has 3 aromatic rings. The summed E-state index contributed by atoms with van der Waals surface area (Å²) in [4.78, 5) is 2.09. The molecule has 0 N–H and O–H groups in total. The van der Waals surface area contributed by atoms with Crippen LogP contribution in [0.5, 0.6) is 0 Å². The van der Waals surface area contributed by atoms with Crippen LogP contribution < -0.4 is 0 Å². The van der Waals surface area contributed by atoms with Crippen molar-refractivity contribution >= 4 is 27.0 Å². The molecule has 196 valence electrons. The zero-order chi connectivity index (χ0) is 25.9. The highest BCUT2D eigenvalue weighted by Crippen LogP contribution is 2.72. The molecule has 9 heteroatoms. The van der Waals surface area contributed by atoms with Crippen LogP contribution in [0, 0.1) is 0 Å². The van der Waals surface area contributed by atoms with Gasteiger partial charge in [0.1, 0.15) is 0 Å². The van der Waals surface area contributed by atoms with Gasteiger partial charge >= 0.3 is 18.0 Å². The van der Waals surface area contributed by atoms with Crippen molar-refractivity contribution in [1.82, 2.24) is 0 Å². The summed E-state index contributed by atoms with van der Waals surface area (Å²) in [7, 11) is -9.81. The summed E-state index contributed by atoms with van der Waals surface area (Å²) >= 11 is 0. The predicted octanol–water partition coefficient (Wildman–Crippen LogP) is 6.67. The van der Waals surface area contributed by atoms with Crippen molar-refractivity contribution < 1.29 is 25.9 Å². The van der Waals surface area contributed by atoms with Crippen LogP contribution in [-0.2, 0) is 26.6 Å². The first-order valence-electron chi connectivity index (χ1n) is 12.3. The van der Waals surface area contributed by atoms with Gasteiger partial charge in [-0.05, 0) is 72.7 Å². The molecule has 0 saturated heterocycles. The lowest BCUT2D eigenvalue weighted by molar-refractivity contribution is 0.0697. The van der Waals surface area contributed by atoms with Gasteiger partial charge in [-0.15, -0.1) is 0 Å². The van der Waals surface area contributed by atoms with Crippen LogP contribution in [0.2, 0.25) is 6.04 Å². The molecule has 6 nitrogen and oxygen atoms in total. The molecular weight excluding hydrogens is 513 g/mol. The second-order valence-electron chi connectivity index (χ2n) is 7.81. The van der Waals surface area contributed by atoms with Gasteiger partial charge in [-0.2, -0.15) is 8.42 Å². The normalized spacial score (nSPS) is 13.0. The average molecular weight is 549 g/mol. The van der Waals surface area contributed by atoms with Crippen molar-refractivity contribution in [1.29, 1.82) is 0 Å². The zero-order valence-corrected chi connectivity index (χ0v) is 23.8. The van der Waals surface area contributed by atoms with Crippen LogP contribution in [0.4, 0.5) is 0 Å². The van der Waals surface area contributed by atoms with Crippen LogP contribution in [0.15, 0.2) is 106 Å². The Hall–Kier alpha value is -1.98. The third-order valence-corrected chi connectivity index (χ3v) is 16.4. The van der Waals surface area contributed by atoms with E-state index in [0.29, 0.717) is 47.0 Å². The van der Waals surface area contributed by atoms with Crippen molar-refractivity contribution in [3.8, 4) is 0 Å². The Labute approximate surface area is 217 Å². The molecule has 0 aliphatic heterocycles. The number of benzene rings is 3. The Morgan fingerprint density at radius 1 is 0.611 bits per heavy atom. The Kier molecular flexibility index (Phi) is 10.7. The van der Waals surface area contributed by atoms with Gasteiger partial charge < -0.3 is 13.3 Å². The molecule has 0 saturated carbocycles. The van der Waals surface area contributed by atoms with Crippen molar-refractivity contribution in [2.75, 3.05) is 26.4 Å². The van der Waals surface area contributed by atoms with E-state index in [-0.39, 0.29) is 6.61 Å². The van der Waals surface area contributed by atoms with E-state index in [1.165, 1.54) is 0 Å². The average Bonchev–Trinajstić information content (AvgIpc) is 2.89. The van der Waals surface area contributed by atoms with E-state index in [2.05, 4.69) is 0 Å². The van der Waals surface area contributed by atoms with Crippen molar-refractivity contribution in [3.05, 3.63) is 91.0 Å². The highest BCUT2D eigenvalue weighted by atomic mass is 33.2. The summed E-state index contributed by atoms with van der Waals surface area (Å²) in [6.07, 6.45) is 0.430. The lowest BCUT2D eigenvalue weighted by atomic mass is 10.4. The largest absolute Gasteiger partial charge is 0.501 e. The lowest BCUT2D eigenvalue weighted by Gasteiger charge is -2.39. The van der Waals surface area contributed by atoms with E-state index in [4.69, 9.17) is 17.5 Å². The van der Waals surface area contributed by atoms with Crippen molar-refractivity contribution in [3.63, 3.8) is 0 Å². The first kappa shape index (κ1) is 28.6. The molecule has 0 atom stereocenters. The zero-order valence-electron chi connectivity index (χ0n) is 21.2. The minimum atomic E-state index is -4.12. The van der Waals surface area contributed by atoms with Crippen LogP contribution >= 0.6 is 9.06 Å². The maximum absolute atomic E-state index is 14.3. The SMILES string of the molecule is CCO[Si](CCCOS(=O)(=O)S(c1ccccc1)(c1ccccc1)c1ccccc1)(OCC)OCC. The number of hydrogen-bond donors (Lipinski definition) is 0. The third-order valence-electron chi connectivity index (χ3n) is 5.48. The fourth-order valence-corrected chi connectivity index (χ4v) is 14.1. The summed E-state index contributed by atoms with van der Waals surface area (Å²) in [6.45, 7) is 7.11. The van der Waals surface area contributed by atoms with Gasteiger partial charge in [0.05, 0.1) is 6.61 Å². The van der Waals surface area contributed by atoms with Crippen molar-refractivity contribution in [2.45, 2.75) is 47.9 Å². The molecule has 0 unspecified atom stereocenters. The molecule has 3 aromatic carbocycles. The standard InChI is InChI=1S/C27H36O6S2Si/c1-4-31-36(32-5-2,33-6-3)24-16-23-30-35(28,29)34(25-17-10-7-11-18-25,26-19-12-8-13-20-26)27-21-14-9-15-22-27/h7-15,17-22H,4-6,16,23-24H2,1-3H3. The topological polar surface area (TPSA) is 71.1 Å². The van der Waals surface area contributed by atoms with Crippen LogP contribution in [0.25, 0.3) is 0 Å². The van der Waals surface area contributed by atoms with E-state index in [0.717, 1.165) is 0 Å². The Balaban J connectivity index is 1.99. The van der Waals surface area contributed by atoms with E-state index >= 15 is 0 Å². The van der Waals surface area contributed by atoms with E-state index < -0.39 is 27.0 Å². The van der Waals surface area contributed by atoms with Gasteiger partial charge in [-0.25, -0.2) is 0 Å². The molecule has 3 rings (SSSR count). The lowest BCUT2D eigenvalue weighted by Crippen LogP contribution is -2.46. The minimum absolute atomic E-state index is 0.00551. The molecular formula is C27H36O6S2Si. The maximum atomic E-state index is 14.3. The Morgan fingerprint density at radius 3 is 1.31 bits per heavy atom. The monoisotopic (exact) mass is 548 g/mol. The quantitative estimate of drug-likeness (QED) is 0.120. The summed E-state index contributed by atoms with van der Waals surface area (Å²) in [5, 5.41) is 0. The summed E-state index contributed by atoms with van der Waals surface area (Å²) in [5.41, 5.74) is 0. The molecule has 0 aliphatic rings. The van der Waals surface area contributed by atoms with Crippen LogP contribution in [0.3, 0.4) is 0 Å². The highest BCUT2D eigenvalue weighted by Gasteiger charge is 2.45.